The Bertz CT molecular complexity index is 1530. The van der Waals surface area contributed by atoms with E-state index in [1.807, 2.05) is 37.3 Å². The Hall–Kier alpha value is -4.24. The van der Waals surface area contributed by atoms with Crippen LogP contribution in [0.2, 0.25) is 5.02 Å². The van der Waals surface area contributed by atoms with Crippen molar-refractivity contribution >= 4 is 34.1 Å². The van der Waals surface area contributed by atoms with Gasteiger partial charge in [-0.05, 0) is 36.8 Å². The predicted octanol–water partition coefficient (Wildman–Crippen LogP) is 3.59. The lowest BCUT2D eigenvalue weighted by Gasteiger charge is -2.17. The van der Waals surface area contributed by atoms with Gasteiger partial charge < -0.3 is 5.32 Å². The van der Waals surface area contributed by atoms with E-state index in [0.717, 1.165) is 20.8 Å². The first-order chi connectivity index (χ1) is 16.3. The maximum Gasteiger partial charge on any atom is 0.336 e. The van der Waals surface area contributed by atoms with Gasteiger partial charge in [-0.15, -0.1) is 0 Å². The average molecular weight is 479 g/mol. The largest absolute Gasteiger partial charge is 0.348 e. The van der Waals surface area contributed by atoms with Gasteiger partial charge in [0, 0.05) is 17.2 Å². The second-order valence-electron chi connectivity index (χ2n) is 7.65. The first kappa shape index (κ1) is 22.9. The number of hydrogen-bond acceptors (Lipinski definition) is 5. The normalized spacial score (nSPS) is 11.8. The van der Waals surface area contributed by atoms with Crippen LogP contribution in [0.25, 0.3) is 16.6 Å². The van der Waals surface area contributed by atoms with E-state index < -0.39 is 22.1 Å². The van der Waals surface area contributed by atoms with Gasteiger partial charge >= 0.3 is 5.69 Å². The molecule has 9 nitrogen and oxygen atoms in total. The van der Waals surface area contributed by atoms with E-state index in [1.54, 1.807) is 0 Å². The molecule has 0 aliphatic heterocycles. The highest BCUT2D eigenvalue weighted by molar-refractivity contribution is 6.31. The number of halogens is 1. The lowest BCUT2D eigenvalue weighted by molar-refractivity contribution is -0.384. The van der Waals surface area contributed by atoms with Gasteiger partial charge in [-0.25, -0.2) is 9.36 Å². The van der Waals surface area contributed by atoms with Gasteiger partial charge in [0.1, 0.15) is 6.54 Å². The van der Waals surface area contributed by atoms with Crippen molar-refractivity contribution in [3.05, 3.63) is 114 Å². The summed E-state index contributed by atoms with van der Waals surface area (Å²) in [6.07, 6.45) is 0. The van der Waals surface area contributed by atoms with Crippen LogP contribution < -0.4 is 16.6 Å². The number of nitro benzene ring substituents is 1. The molecule has 1 N–H and O–H groups in total. The van der Waals surface area contributed by atoms with Crippen LogP contribution in [0.4, 0.5) is 5.69 Å². The number of hydrogen-bond donors (Lipinski definition) is 1. The number of aromatic nitrogens is 2. The van der Waals surface area contributed by atoms with Crippen molar-refractivity contribution < 1.29 is 9.72 Å². The molecule has 1 atom stereocenters. The topological polar surface area (TPSA) is 116 Å². The van der Waals surface area contributed by atoms with Crippen molar-refractivity contribution in [2.75, 3.05) is 0 Å². The molecule has 0 saturated heterocycles. The SMILES string of the molecule is C[C@@H](NC(=O)Cn1c(=O)n(-c2cccc([N+](=O)[O-])c2)c(=O)c2ccc(Cl)cc21)c1ccccc1. The Morgan fingerprint density at radius 3 is 2.50 bits per heavy atom. The summed E-state index contributed by atoms with van der Waals surface area (Å²) >= 11 is 6.11. The third-order valence-electron chi connectivity index (χ3n) is 5.38. The quantitative estimate of drug-likeness (QED) is 0.336. The van der Waals surface area contributed by atoms with Gasteiger partial charge in [0.05, 0.1) is 27.6 Å². The molecule has 4 rings (SSSR count). The van der Waals surface area contributed by atoms with Crippen LogP contribution in [0.5, 0.6) is 0 Å². The second-order valence-corrected chi connectivity index (χ2v) is 8.08. The van der Waals surface area contributed by atoms with E-state index in [9.17, 15) is 24.5 Å². The molecule has 172 valence electrons. The summed E-state index contributed by atoms with van der Waals surface area (Å²) in [7, 11) is 0. The molecular formula is C24H19ClN4O5. The molecule has 0 radical (unpaired) electrons. The van der Waals surface area contributed by atoms with Gasteiger partial charge in [-0.3, -0.25) is 24.3 Å². The van der Waals surface area contributed by atoms with Crippen LogP contribution in [-0.2, 0) is 11.3 Å². The minimum absolute atomic E-state index is 0.0212. The molecule has 0 spiro atoms. The number of nitro groups is 1. The average Bonchev–Trinajstić information content (AvgIpc) is 2.82. The lowest BCUT2D eigenvalue weighted by Crippen LogP contribution is -2.42. The Kier molecular flexibility index (Phi) is 6.29. The number of rotatable bonds is 6. The molecule has 0 unspecified atom stereocenters. The summed E-state index contributed by atoms with van der Waals surface area (Å²) in [4.78, 5) is 50.1. The van der Waals surface area contributed by atoms with Crippen molar-refractivity contribution in [1.82, 2.24) is 14.5 Å². The number of carbonyl (C=O) groups excluding carboxylic acids is 1. The summed E-state index contributed by atoms with van der Waals surface area (Å²) in [5.41, 5.74) is -0.674. The smallest absolute Gasteiger partial charge is 0.336 e. The third-order valence-corrected chi connectivity index (χ3v) is 5.62. The van der Waals surface area contributed by atoms with E-state index in [0.29, 0.717) is 0 Å². The highest BCUT2D eigenvalue weighted by Gasteiger charge is 2.19. The number of benzene rings is 3. The van der Waals surface area contributed by atoms with E-state index in [1.165, 1.54) is 36.4 Å². The first-order valence-electron chi connectivity index (χ1n) is 10.3. The van der Waals surface area contributed by atoms with E-state index in [4.69, 9.17) is 11.6 Å². The molecule has 34 heavy (non-hydrogen) atoms. The van der Waals surface area contributed by atoms with Gasteiger partial charge in [0.15, 0.2) is 0 Å². The maximum absolute atomic E-state index is 13.4. The summed E-state index contributed by atoms with van der Waals surface area (Å²) in [6.45, 7) is 1.43. The molecule has 1 amide bonds. The molecule has 3 aromatic carbocycles. The number of nitrogens with zero attached hydrogens (tertiary/aromatic N) is 3. The molecule has 1 heterocycles. The summed E-state index contributed by atoms with van der Waals surface area (Å²) in [5, 5.41) is 14.5. The van der Waals surface area contributed by atoms with Gasteiger partial charge in [-0.2, -0.15) is 0 Å². The van der Waals surface area contributed by atoms with Crippen LogP contribution in [0, 0.1) is 10.1 Å². The zero-order valence-electron chi connectivity index (χ0n) is 18.0. The van der Waals surface area contributed by atoms with E-state index in [2.05, 4.69) is 5.32 Å². The van der Waals surface area contributed by atoms with Crippen LogP contribution in [-0.4, -0.2) is 20.0 Å². The van der Waals surface area contributed by atoms with E-state index >= 15 is 0 Å². The van der Waals surface area contributed by atoms with Crippen molar-refractivity contribution in [3.63, 3.8) is 0 Å². The van der Waals surface area contributed by atoms with Crippen LogP contribution in [0.3, 0.4) is 0 Å². The molecule has 10 heteroatoms. The molecule has 0 fully saturated rings. The Labute approximate surface area is 198 Å². The monoisotopic (exact) mass is 478 g/mol. The zero-order chi connectivity index (χ0) is 24.4. The van der Waals surface area contributed by atoms with Crippen LogP contribution in [0.15, 0.2) is 82.4 Å². The second kappa shape index (κ2) is 9.32. The highest BCUT2D eigenvalue weighted by Crippen LogP contribution is 2.19. The number of nitrogens with one attached hydrogen (secondary N) is 1. The molecule has 4 aromatic rings. The fraction of sp³-hybridized carbons (Fsp3) is 0.125. The zero-order valence-corrected chi connectivity index (χ0v) is 18.7. The summed E-state index contributed by atoms with van der Waals surface area (Å²) in [5.74, 6) is -0.455. The lowest BCUT2D eigenvalue weighted by atomic mass is 10.1. The Balaban J connectivity index is 1.83. The molecule has 0 aliphatic rings. The molecule has 0 bridgehead atoms. The van der Waals surface area contributed by atoms with E-state index in [-0.39, 0.29) is 39.9 Å². The molecule has 0 saturated carbocycles. The van der Waals surface area contributed by atoms with Crippen molar-refractivity contribution in [2.24, 2.45) is 0 Å². The number of non-ortho nitro benzene ring substituents is 1. The fourth-order valence-corrected chi connectivity index (χ4v) is 3.89. The highest BCUT2D eigenvalue weighted by atomic mass is 35.5. The summed E-state index contributed by atoms with van der Waals surface area (Å²) in [6, 6.07) is 18.6. The Morgan fingerprint density at radius 1 is 1.06 bits per heavy atom. The standard InChI is InChI=1S/C24H19ClN4O5/c1-15(16-6-3-2-4-7-16)26-22(30)14-27-21-12-17(25)10-11-20(21)23(31)28(24(27)32)18-8-5-9-19(13-18)29(33)34/h2-13,15H,14H2,1H3,(H,26,30)/t15-/m1/s1. The number of fused-ring (bicyclic) bond motifs is 1. The van der Waals surface area contributed by atoms with Gasteiger partial charge in [0.25, 0.3) is 11.2 Å². The molecular weight excluding hydrogens is 460 g/mol. The number of carbonyl (C=O) groups is 1. The molecule has 1 aromatic heterocycles. The fourth-order valence-electron chi connectivity index (χ4n) is 3.72. The number of amides is 1. The minimum atomic E-state index is -0.817. The van der Waals surface area contributed by atoms with Crippen molar-refractivity contribution in [2.45, 2.75) is 19.5 Å². The van der Waals surface area contributed by atoms with Crippen LogP contribution in [0.1, 0.15) is 18.5 Å². The van der Waals surface area contributed by atoms with Crippen molar-refractivity contribution in [3.8, 4) is 5.69 Å². The summed E-state index contributed by atoms with van der Waals surface area (Å²) < 4.78 is 1.95. The van der Waals surface area contributed by atoms with Gasteiger partial charge in [0.2, 0.25) is 5.91 Å². The first-order valence-corrected chi connectivity index (χ1v) is 10.7. The van der Waals surface area contributed by atoms with Crippen LogP contribution >= 0.6 is 11.6 Å². The Morgan fingerprint density at radius 2 is 1.79 bits per heavy atom. The molecule has 0 aliphatic carbocycles. The minimum Gasteiger partial charge on any atom is -0.348 e. The maximum atomic E-state index is 13.4. The van der Waals surface area contributed by atoms with Crippen molar-refractivity contribution in [1.29, 1.82) is 0 Å². The van der Waals surface area contributed by atoms with Gasteiger partial charge in [-0.1, -0.05) is 48.0 Å². The predicted molar refractivity (Wildman–Crippen MR) is 128 cm³/mol. The third kappa shape index (κ3) is 4.46.